The number of carbonyl (C=O) groups excluding carboxylic acids is 1. The number of imidazole rings is 1. The van der Waals surface area contributed by atoms with Gasteiger partial charge in [-0.3, -0.25) is 4.79 Å². The number of carbonyl (C=O) groups is 1. The van der Waals surface area contributed by atoms with Gasteiger partial charge >= 0.3 is 0 Å². The van der Waals surface area contributed by atoms with Gasteiger partial charge in [-0.15, -0.1) is 0 Å². The Hall–Kier alpha value is -2.30. The predicted octanol–water partition coefficient (Wildman–Crippen LogP) is 2.39. The van der Waals surface area contributed by atoms with E-state index in [0.29, 0.717) is 6.54 Å². The van der Waals surface area contributed by atoms with E-state index < -0.39 is 0 Å². The van der Waals surface area contributed by atoms with E-state index in [1.807, 2.05) is 24.6 Å². The number of aryl methyl sites for hydroxylation is 4. The van der Waals surface area contributed by atoms with E-state index in [0.717, 1.165) is 29.8 Å². The lowest BCUT2D eigenvalue weighted by atomic mass is 10.1. The van der Waals surface area contributed by atoms with Crippen LogP contribution in [0.2, 0.25) is 0 Å². The topological polar surface area (TPSA) is 56.1 Å². The quantitative estimate of drug-likeness (QED) is 0.799. The van der Waals surface area contributed by atoms with Gasteiger partial charge in [-0.25, -0.2) is 4.98 Å². The third-order valence-electron chi connectivity index (χ3n) is 3.43. The van der Waals surface area contributed by atoms with Crippen molar-refractivity contribution in [1.82, 2.24) is 14.9 Å². The van der Waals surface area contributed by atoms with Crippen LogP contribution in [0.3, 0.4) is 0 Å². The molecule has 0 unspecified atom stereocenters. The summed E-state index contributed by atoms with van der Waals surface area (Å²) in [6.07, 6.45) is 6.30. The molecule has 1 aromatic heterocycles. The minimum absolute atomic E-state index is 0.0514. The largest absolute Gasteiger partial charge is 0.483 e. The number of nitrogens with zero attached hydrogens (tertiary/aromatic N) is 2. The number of rotatable bonds is 7. The number of ether oxygens (including phenoxy) is 1. The molecule has 1 aromatic carbocycles. The summed E-state index contributed by atoms with van der Waals surface area (Å²) >= 11 is 0. The van der Waals surface area contributed by atoms with Crippen LogP contribution < -0.4 is 10.1 Å². The van der Waals surface area contributed by atoms with Crippen molar-refractivity contribution in [3.05, 3.63) is 47.5 Å². The zero-order chi connectivity index (χ0) is 15.9. The zero-order valence-corrected chi connectivity index (χ0v) is 13.4. The smallest absolute Gasteiger partial charge is 0.257 e. The lowest BCUT2D eigenvalue weighted by Crippen LogP contribution is -2.30. The van der Waals surface area contributed by atoms with Crippen LogP contribution in [-0.2, 0) is 11.3 Å². The lowest BCUT2D eigenvalue weighted by Gasteiger charge is -2.13. The molecule has 0 spiro atoms. The highest BCUT2D eigenvalue weighted by Crippen LogP contribution is 2.24. The molecular formula is C17H23N3O2. The van der Waals surface area contributed by atoms with E-state index in [9.17, 15) is 4.79 Å². The van der Waals surface area contributed by atoms with Gasteiger partial charge < -0.3 is 14.6 Å². The van der Waals surface area contributed by atoms with E-state index in [1.54, 1.807) is 12.5 Å². The third kappa shape index (κ3) is 4.62. The van der Waals surface area contributed by atoms with E-state index in [4.69, 9.17) is 4.74 Å². The number of benzene rings is 1. The second kappa shape index (κ2) is 7.64. The van der Waals surface area contributed by atoms with Gasteiger partial charge in [0.15, 0.2) is 6.61 Å². The summed E-state index contributed by atoms with van der Waals surface area (Å²) in [6.45, 7) is 7.58. The molecule has 0 saturated carbocycles. The number of amides is 1. The summed E-state index contributed by atoms with van der Waals surface area (Å²) in [5.74, 6) is 0.712. The SMILES string of the molecule is Cc1cc(C)c(OCC(=O)NCCCn2ccnc2)c(C)c1. The Morgan fingerprint density at radius 2 is 2.00 bits per heavy atom. The number of aromatic nitrogens is 2. The fraction of sp³-hybridized carbons (Fsp3) is 0.412. The maximum absolute atomic E-state index is 11.8. The molecule has 0 aliphatic rings. The maximum atomic E-state index is 11.8. The van der Waals surface area contributed by atoms with Crippen LogP contribution in [0.5, 0.6) is 5.75 Å². The zero-order valence-electron chi connectivity index (χ0n) is 13.4. The van der Waals surface area contributed by atoms with Gasteiger partial charge in [-0.2, -0.15) is 0 Å². The van der Waals surface area contributed by atoms with Gasteiger partial charge in [-0.1, -0.05) is 17.7 Å². The monoisotopic (exact) mass is 301 g/mol. The average molecular weight is 301 g/mol. The first kappa shape index (κ1) is 16.1. The Bertz CT molecular complexity index is 598. The molecule has 2 aromatic rings. The second-order valence-corrected chi connectivity index (χ2v) is 5.52. The Morgan fingerprint density at radius 1 is 1.27 bits per heavy atom. The predicted molar refractivity (Wildman–Crippen MR) is 86.0 cm³/mol. The standard InChI is InChI=1S/C17H23N3O2/c1-13-9-14(2)17(15(3)10-13)22-11-16(21)19-5-4-7-20-8-6-18-12-20/h6,8-10,12H,4-5,7,11H2,1-3H3,(H,19,21). The molecule has 1 amide bonds. The maximum Gasteiger partial charge on any atom is 0.257 e. The van der Waals surface area contributed by atoms with Crippen LogP contribution in [0.1, 0.15) is 23.1 Å². The van der Waals surface area contributed by atoms with Crippen LogP contribution in [0.25, 0.3) is 0 Å². The highest BCUT2D eigenvalue weighted by molar-refractivity contribution is 5.77. The second-order valence-electron chi connectivity index (χ2n) is 5.52. The number of hydrogen-bond acceptors (Lipinski definition) is 3. The van der Waals surface area contributed by atoms with E-state index in [-0.39, 0.29) is 12.5 Å². The minimum Gasteiger partial charge on any atom is -0.483 e. The molecule has 2 rings (SSSR count). The molecule has 0 bridgehead atoms. The molecule has 22 heavy (non-hydrogen) atoms. The van der Waals surface area contributed by atoms with Gasteiger partial charge in [-0.05, 0) is 38.3 Å². The summed E-state index contributed by atoms with van der Waals surface area (Å²) in [4.78, 5) is 15.8. The average Bonchev–Trinajstić information content (AvgIpc) is 2.95. The number of nitrogens with one attached hydrogen (secondary N) is 1. The summed E-state index contributed by atoms with van der Waals surface area (Å²) in [7, 11) is 0. The number of hydrogen-bond donors (Lipinski definition) is 1. The molecule has 0 fully saturated rings. The molecule has 5 heteroatoms. The molecule has 0 aliphatic heterocycles. The highest BCUT2D eigenvalue weighted by Gasteiger charge is 2.08. The van der Waals surface area contributed by atoms with Crippen molar-refractivity contribution >= 4 is 5.91 Å². The Morgan fingerprint density at radius 3 is 2.64 bits per heavy atom. The normalized spacial score (nSPS) is 10.5. The molecule has 118 valence electrons. The molecular weight excluding hydrogens is 278 g/mol. The van der Waals surface area contributed by atoms with E-state index >= 15 is 0 Å². The molecule has 1 heterocycles. The van der Waals surface area contributed by atoms with Crippen LogP contribution in [-0.4, -0.2) is 28.6 Å². The molecule has 5 nitrogen and oxygen atoms in total. The summed E-state index contributed by atoms with van der Waals surface area (Å²) < 4.78 is 7.65. The van der Waals surface area contributed by atoms with Gasteiger partial charge in [0.05, 0.1) is 6.33 Å². The Kier molecular flexibility index (Phi) is 5.58. The highest BCUT2D eigenvalue weighted by atomic mass is 16.5. The fourth-order valence-electron chi connectivity index (χ4n) is 2.49. The summed E-state index contributed by atoms with van der Waals surface area (Å²) in [6, 6.07) is 4.12. The Labute approximate surface area is 131 Å². The molecule has 0 saturated heterocycles. The fourth-order valence-corrected chi connectivity index (χ4v) is 2.49. The van der Waals surface area contributed by atoms with E-state index in [2.05, 4.69) is 29.4 Å². The van der Waals surface area contributed by atoms with Gasteiger partial charge in [0.2, 0.25) is 0 Å². The van der Waals surface area contributed by atoms with Gasteiger partial charge in [0.25, 0.3) is 5.91 Å². The first-order valence-corrected chi connectivity index (χ1v) is 7.49. The van der Waals surface area contributed by atoms with Gasteiger partial charge in [0, 0.05) is 25.5 Å². The van der Waals surface area contributed by atoms with Gasteiger partial charge in [0.1, 0.15) is 5.75 Å². The van der Waals surface area contributed by atoms with Crippen molar-refractivity contribution in [2.75, 3.05) is 13.2 Å². The van der Waals surface area contributed by atoms with Crippen LogP contribution >= 0.6 is 0 Å². The van der Waals surface area contributed by atoms with E-state index in [1.165, 1.54) is 5.56 Å². The molecule has 1 N–H and O–H groups in total. The molecule has 0 aliphatic carbocycles. The van der Waals surface area contributed by atoms with Crippen LogP contribution in [0.4, 0.5) is 0 Å². The first-order chi connectivity index (χ1) is 10.6. The van der Waals surface area contributed by atoms with Crippen LogP contribution in [0, 0.1) is 20.8 Å². The van der Waals surface area contributed by atoms with Crippen LogP contribution in [0.15, 0.2) is 30.9 Å². The third-order valence-corrected chi connectivity index (χ3v) is 3.43. The molecule has 0 atom stereocenters. The van der Waals surface area contributed by atoms with Crippen molar-refractivity contribution in [2.45, 2.75) is 33.7 Å². The summed E-state index contributed by atoms with van der Waals surface area (Å²) in [5.41, 5.74) is 3.32. The van der Waals surface area contributed by atoms with Crippen molar-refractivity contribution in [1.29, 1.82) is 0 Å². The first-order valence-electron chi connectivity index (χ1n) is 7.49. The van der Waals surface area contributed by atoms with Crippen molar-refractivity contribution < 1.29 is 9.53 Å². The molecule has 0 radical (unpaired) electrons. The van der Waals surface area contributed by atoms with Crippen molar-refractivity contribution in [3.8, 4) is 5.75 Å². The van der Waals surface area contributed by atoms with Crippen molar-refractivity contribution in [2.24, 2.45) is 0 Å². The Balaban J connectivity index is 1.71. The minimum atomic E-state index is -0.0926. The summed E-state index contributed by atoms with van der Waals surface area (Å²) in [5, 5.41) is 2.87. The van der Waals surface area contributed by atoms with Crippen molar-refractivity contribution in [3.63, 3.8) is 0 Å². The lowest BCUT2D eigenvalue weighted by molar-refractivity contribution is -0.123.